The molecule has 1 aromatic heterocycles. The molecular formula is C11H4BrClN2O2. The van der Waals surface area contributed by atoms with Gasteiger partial charge in [0.15, 0.2) is 0 Å². The van der Waals surface area contributed by atoms with Crippen LogP contribution in [0.3, 0.4) is 0 Å². The summed E-state index contributed by atoms with van der Waals surface area (Å²) < 4.78 is 0.602. The molecule has 0 bridgehead atoms. The Balaban J connectivity index is 2.90. The van der Waals surface area contributed by atoms with Gasteiger partial charge in [-0.05, 0) is 28.1 Å². The van der Waals surface area contributed by atoms with Crippen molar-refractivity contribution in [3.05, 3.63) is 39.0 Å². The fourth-order valence-electron chi connectivity index (χ4n) is 1.44. The van der Waals surface area contributed by atoms with E-state index < -0.39 is 5.97 Å². The second-order valence-corrected chi connectivity index (χ2v) is 4.49. The highest BCUT2D eigenvalue weighted by molar-refractivity contribution is 9.10. The summed E-state index contributed by atoms with van der Waals surface area (Å²) in [6, 6.07) is 5.09. The lowest BCUT2D eigenvalue weighted by atomic mass is 10.1. The fourth-order valence-corrected chi connectivity index (χ4v) is 2.28. The predicted octanol–water partition coefficient (Wildman–Crippen LogP) is 3.22. The normalized spacial score (nSPS) is 10.2. The van der Waals surface area contributed by atoms with E-state index in [-0.39, 0.29) is 10.6 Å². The molecule has 0 aliphatic carbocycles. The molecule has 0 aliphatic heterocycles. The maximum absolute atomic E-state index is 10.9. The van der Waals surface area contributed by atoms with E-state index in [9.17, 15) is 4.79 Å². The number of carbonyl (C=O) groups is 1. The van der Waals surface area contributed by atoms with Crippen LogP contribution in [0.5, 0.6) is 0 Å². The summed E-state index contributed by atoms with van der Waals surface area (Å²) in [5.41, 5.74) is 0.829. The van der Waals surface area contributed by atoms with Crippen LogP contribution in [-0.2, 0) is 0 Å². The first-order valence-electron chi connectivity index (χ1n) is 4.45. The number of aromatic carboxylic acids is 1. The van der Waals surface area contributed by atoms with Gasteiger partial charge in [-0.15, -0.1) is 0 Å². The van der Waals surface area contributed by atoms with Gasteiger partial charge in [0.1, 0.15) is 0 Å². The van der Waals surface area contributed by atoms with E-state index in [1.165, 1.54) is 12.3 Å². The summed E-state index contributed by atoms with van der Waals surface area (Å²) in [6.07, 6.45) is 1.20. The van der Waals surface area contributed by atoms with E-state index in [4.69, 9.17) is 22.0 Å². The second kappa shape index (κ2) is 4.32. The lowest BCUT2D eigenvalue weighted by Gasteiger charge is -2.05. The highest BCUT2D eigenvalue weighted by Gasteiger charge is 2.14. The number of nitriles is 1. The molecule has 0 amide bonds. The Bertz CT molecular complexity index is 679. The topological polar surface area (TPSA) is 74.0 Å². The van der Waals surface area contributed by atoms with Gasteiger partial charge in [0, 0.05) is 16.1 Å². The Morgan fingerprint density at radius 3 is 2.82 bits per heavy atom. The molecule has 2 rings (SSSR count). The van der Waals surface area contributed by atoms with Gasteiger partial charge in [0.05, 0.1) is 27.7 Å². The fraction of sp³-hybridized carbons (Fsp3) is 0. The lowest BCUT2D eigenvalue weighted by Crippen LogP contribution is -1.99. The SMILES string of the molecule is N#Cc1cc(Br)c2ncc(C(=O)O)c(Cl)c2c1. The van der Waals surface area contributed by atoms with Gasteiger partial charge in [-0.25, -0.2) is 4.79 Å². The van der Waals surface area contributed by atoms with Crippen LogP contribution >= 0.6 is 27.5 Å². The smallest absolute Gasteiger partial charge is 0.338 e. The summed E-state index contributed by atoms with van der Waals surface area (Å²) in [4.78, 5) is 14.9. The largest absolute Gasteiger partial charge is 0.478 e. The number of aromatic nitrogens is 1. The first-order chi connectivity index (χ1) is 8.04. The summed E-state index contributed by atoms with van der Waals surface area (Å²) in [5, 5.41) is 18.3. The molecule has 0 unspecified atom stereocenters. The Morgan fingerprint density at radius 1 is 1.53 bits per heavy atom. The molecule has 0 saturated carbocycles. The van der Waals surface area contributed by atoms with Crippen molar-refractivity contribution in [2.45, 2.75) is 0 Å². The standard InChI is InChI=1S/C11H4BrClN2O2/c12-8-2-5(3-14)1-6-9(13)7(11(16)17)4-15-10(6)8/h1-2,4H,(H,16,17). The van der Waals surface area contributed by atoms with Crippen molar-refractivity contribution in [2.75, 3.05) is 0 Å². The van der Waals surface area contributed by atoms with Crippen LogP contribution in [0.25, 0.3) is 10.9 Å². The minimum absolute atomic E-state index is 0.0823. The molecule has 6 heteroatoms. The van der Waals surface area contributed by atoms with E-state index in [0.717, 1.165) is 0 Å². The van der Waals surface area contributed by atoms with Crippen molar-refractivity contribution in [1.29, 1.82) is 5.26 Å². The van der Waals surface area contributed by atoms with Gasteiger partial charge in [0.25, 0.3) is 0 Å². The first-order valence-corrected chi connectivity index (χ1v) is 5.63. The van der Waals surface area contributed by atoms with Crippen molar-refractivity contribution >= 4 is 44.4 Å². The van der Waals surface area contributed by atoms with Gasteiger partial charge >= 0.3 is 5.97 Å². The summed E-state index contributed by atoms with van der Waals surface area (Å²) in [5.74, 6) is -1.15. The third-order valence-corrected chi connectivity index (χ3v) is 3.23. The van der Waals surface area contributed by atoms with Crippen molar-refractivity contribution in [3.8, 4) is 6.07 Å². The Hall–Kier alpha value is -1.64. The van der Waals surface area contributed by atoms with Crippen LogP contribution in [0.15, 0.2) is 22.8 Å². The average Bonchev–Trinajstić information content (AvgIpc) is 2.29. The van der Waals surface area contributed by atoms with E-state index in [2.05, 4.69) is 20.9 Å². The number of nitrogens with zero attached hydrogens (tertiary/aromatic N) is 2. The minimum Gasteiger partial charge on any atom is -0.478 e. The number of halogens is 2. The predicted molar refractivity (Wildman–Crippen MR) is 66.1 cm³/mol. The summed E-state index contributed by atoms with van der Waals surface area (Å²) >= 11 is 9.25. The van der Waals surface area contributed by atoms with E-state index in [1.54, 1.807) is 6.07 Å². The molecule has 1 N–H and O–H groups in total. The molecule has 0 atom stereocenters. The molecule has 0 radical (unpaired) electrons. The molecule has 0 saturated heterocycles. The maximum atomic E-state index is 10.9. The Kier molecular flexibility index (Phi) is 3.01. The minimum atomic E-state index is -1.15. The van der Waals surface area contributed by atoms with Crippen molar-refractivity contribution in [1.82, 2.24) is 4.98 Å². The van der Waals surface area contributed by atoms with Crippen LogP contribution in [0.1, 0.15) is 15.9 Å². The highest BCUT2D eigenvalue weighted by Crippen LogP contribution is 2.31. The molecule has 1 aromatic carbocycles. The van der Waals surface area contributed by atoms with E-state index in [0.29, 0.717) is 20.9 Å². The number of fused-ring (bicyclic) bond motifs is 1. The monoisotopic (exact) mass is 310 g/mol. The molecule has 1 heterocycles. The van der Waals surface area contributed by atoms with Crippen LogP contribution in [0.2, 0.25) is 5.02 Å². The summed E-state index contributed by atoms with van der Waals surface area (Å²) in [7, 11) is 0. The molecule has 0 fully saturated rings. The van der Waals surface area contributed by atoms with Crippen molar-refractivity contribution in [3.63, 3.8) is 0 Å². The maximum Gasteiger partial charge on any atom is 0.338 e. The molecule has 2 aromatic rings. The number of hydrogen-bond donors (Lipinski definition) is 1. The van der Waals surface area contributed by atoms with E-state index >= 15 is 0 Å². The third-order valence-electron chi connectivity index (χ3n) is 2.22. The average molecular weight is 312 g/mol. The number of carboxylic acid groups (broad SMARTS) is 1. The van der Waals surface area contributed by atoms with Gasteiger partial charge in [-0.1, -0.05) is 11.6 Å². The Labute approximate surface area is 110 Å². The van der Waals surface area contributed by atoms with Crippen LogP contribution < -0.4 is 0 Å². The van der Waals surface area contributed by atoms with Crippen LogP contribution in [-0.4, -0.2) is 16.1 Å². The molecular weight excluding hydrogens is 307 g/mol. The zero-order chi connectivity index (χ0) is 12.6. The van der Waals surface area contributed by atoms with Crippen LogP contribution in [0.4, 0.5) is 0 Å². The van der Waals surface area contributed by atoms with E-state index in [1.807, 2.05) is 6.07 Å². The zero-order valence-corrected chi connectivity index (χ0v) is 10.6. The molecule has 0 aliphatic rings. The van der Waals surface area contributed by atoms with Crippen molar-refractivity contribution in [2.24, 2.45) is 0 Å². The van der Waals surface area contributed by atoms with Crippen molar-refractivity contribution < 1.29 is 9.90 Å². The Morgan fingerprint density at radius 2 is 2.24 bits per heavy atom. The third kappa shape index (κ3) is 1.97. The molecule has 0 spiro atoms. The second-order valence-electron chi connectivity index (χ2n) is 3.26. The number of hydrogen-bond acceptors (Lipinski definition) is 3. The first kappa shape index (κ1) is 11.8. The number of benzene rings is 1. The van der Waals surface area contributed by atoms with Crippen LogP contribution in [0, 0.1) is 11.3 Å². The molecule has 84 valence electrons. The van der Waals surface area contributed by atoms with Gasteiger partial charge < -0.3 is 5.11 Å². The summed E-state index contributed by atoms with van der Waals surface area (Å²) in [6.45, 7) is 0. The quantitative estimate of drug-likeness (QED) is 0.877. The number of carboxylic acids is 1. The lowest BCUT2D eigenvalue weighted by molar-refractivity contribution is 0.0697. The number of pyridine rings is 1. The molecule has 17 heavy (non-hydrogen) atoms. The van der Waals surface area contributed by atoms with Gasteiger partial charge in [0.2, 0.25) is 0 Å². The highest BCUT2D eigenvalue weighted by atomic mass is 79.9. The zero-order valence-electron chi connectivity index (χ0n) is 8.24. The number of rotatable bonds is 1. The molecule has 4 nitrogen and oxygen atoms in total. The van der Waals surface area contributed by atoms with Gasteiger partial charge in [-0.3, -0.25) is 4.98 Å². The van der Waals surface area contributed by atoms with Gasteiger partial charge in [-0.2, -0.15) is 5.26 Å².